The minimum Gasteiger partial charge on any atom is -0.480 e. The maximum absolute atomic E-state index is 11.8. The van der Waals surface area contributed by atoms with Crippen LogP contribution in [0.25, 0.3) is 0 Å². The van der Waals surface area contributed by atoms with Gasteiger partial charge in [-0.1, -0.05) is 6.08 Å². The molecule has 17 heavy (non-hydrogen) atoms. The predicted octanol–water partition coefficient (Wildman–Crippen LogP) is 0.0609. The van der Waals surface area contributed by atoms with Crippen molar-refractivity contribution < 1.29 is 14.7 Å². The van der Waals surface area contributed by atoms with Crippen molar-refractivity contribution in [2.75, 3.05) is 12.3 Å². The van der Waals surface area contributed by atoms with Crippen LogP contribution in [-0.2, 0) is 9.59 Å². The number of nitrogens with zero attached hydrogens (tertiary/aromatic N) is 1. The molecule has 3 unspecified atom stereocenters. The molecule has 3 atom stereocenters. The number of β-lactam (4-membered cyclic amide) rings is 1. The summed E-state index contributed by atoms with van der Waals surface area (Å²) in [5, 5.41) is 9.18. The van der Waals surface area contributed by atoms with Gasteiger partial charge in [-0.05, 0) is 13.3 Å². The smallest absolute Gasteiger partial charge is 0.327 e. The van der Waals surface area contributed by atoms with Gasteiger partial charge >= 0.3 is 5.97 Å². The second kappa shape index (κ2) is 4.70. The number of carboxylic acid groups (broad SMARTS) is 1. The number of carbonyl (C=O) groups excluding carboxylic acids is 1. The molecule has 0 spiro atoms. The molecule has 3 N–H and O–H groups in total. The summed E-state index contributed by atoms with van der Waals surface area (Å²) in [6, 6.07) is -0.684. The summed E-state index contributed by atoms with van der Waals surface area (Å²) >= 11 is 1.56. The van der Waals surface area contributed by atoms with Gasteiger partial charge in [0, 0.05) is 23.1 Å². The summed E-state index contributed by atoms with van der Waals surface area (Å²) in [6.07, 6.45) is 2.52. The fraction of sp³-hybridized carbons (Fsp3) is 0.636. The third-order valence-corrected chi connectivity index (χ3v) is 4.65. The lowest BCUT2D eigenvalue weighted by Gasteiger charge is -2.39. The highest BCUT2D eigenvalue weighted by atomic mass is 32.2. The Balaban J connectivity index is 2.16. The van der Waals surface area contributed by atoms with E-state index >= 15 is 0 Å². The van der Waals surface area contributed by atoms with E-state index in [-0.39, 0.29) is 17.2 Å². The van der Waals surface area contributed by atoms with Crippen molar-refractivity contribution in [3.63, 3.8) is 0 Å². The maximum atomic E-state index is 11.8. The summed E-state index contributed by atoms with van der Waals surface area (Å²) in [7, 11) is 0. The second-order valence-corrected chi connectivity index (χ2v) is 5.54. The molecule has 94 valence electrons. The lowest BCUT2D eigenvalue weighted by atomic mass is 9.95. The number of thioether (sulfide) groups is 1. The van der Waals surface area contributed by atoms with Crippen LogP contribution in [0.15, 0.2) is 11.6 Å². The van der Waals surface area contributed by atoms with E-state index in [4.69, 9.17) is 5.73 Å². The van der Waals surface area contributed by atoms with E-state index in [1.165, 1.54) is 4.90 Å². The molecule has 0 saturated carbocycles. The van der Waals surface area contributed by atoms with E-state index < -0.39 is 12.0 Å². The molecule has 6 heteroatoms. The average molecular weight is 256 g/mol. The first-order chi connectivity index (χ1) is 8.11. The van der Waals surface area contributed by atoms with Crippen molar-refractivity contribution in [3.05, 3.63) is 11.6 Å². The minimum absolute atomic E-state index is 0.00359. The van der Waals surface area contributed by atoms with Crippen molar-refractivity contribution in [2.24, 2.45) is 5.73 Å². The quantitative estimate of drug-likeness (QED) is 0.549. The number of carboxylic acids is 1. The summed E-state index contributed by atoms with van der Waals surface area (Å²) in [5.74, 6) is -0.305. The van der Waals surface area contributed by atoms with Gasteiger partial charge in [-0.15, -0.1) is 0 Å². The molecule has 2 fully saturated rings. The van der Waals surface area contributed by atoms with E-state index in [1.54, 1.807) is 17.8 Å². The van der Waals surface area contributed by atoms with Crippen molar-refractivity contribution >= 4 is 23.6 Å². The number of fused-ring (bicyclic) bond motifs is 1. The van der Waals surface area contributed by atoms with Gasteiger partial charge in [0.25, 0.3) is 5.91 Å². The van der Waals surface area contributed by atoms with E-state index in [2.05, 4.69) is 0 Å². The van der Waals surface area contributed by atoms with Gasteiger partial charge in [0.2, 0.25) is 0 Å². The normalized spacial score (nSPS) is 33.8. The third-order valence-electron chi connectivity index (χ3n) is 3.30. The fourth-order valence-corrected chi connectivity index (χ4v) is 3.77. The molecule has 5 nitrogen and oxygen atoms in total. The zero-order valence-corrected chi connectivity index (χ0v) is 10.4. The highest BCUT2D eigenvalue weighted by Gasteiger charge is 2.56. The zero-order valence-electron chi connectivity index (χ0n) is 9.63. The predicted molar refractivity (Wildman–Crippen MR) is 65.7 cm³/mol. The maximum Gasteiger partial charge on any atom is 0.327 e. The molecule has 1 amide bonds. The van der Waals surface area contributed by atoms with Gasteiger partial charge in [-0.2, -0.15) is 11.8 Å². The Labute approximate surface area is 104 Å². The summed E-state index contributed by atoms with van der Waals surface area (Å²) in [6.45, 7) is 2.35. The monoisotopic (exact) mass is 256 g/mol. The van der Waals surface area contributed by atoms with Gasteiger partial charge < -0.3 is 15.7 Å². The van der Waals surface area contributed by atoms with Crippen LogP contribution in [0.1, 0.15) is 13.3 Å². The number of aliphatic carboxylic acids is 1. The van der Waals surface area contributed by atoms with E-state index in [9.17, 15) is 14.7 Å². The van der Waals surface area contributed by atoms with Crippen LogP contribution >= 0.6 is 11.8 Å². The zero-order chi connectivity index (χ0) is 12.6. The minimum atomic E-state index is -0.912. The molecule has 2 aliphatic rings. The number of amides is 1. The molecule has 0 radical (unpaired) electrons. The molecule has 0 aromatic rings. The SMILES string of the molecule is C/C=C1\C(=O)N2C1CC(SCCN)C2C(=O)O. The lowest BCUT2D eigenvalue weighted by Crippen LogP contribution is -2.57. The standard InChI is InChI=1S/C11H16N2O3S/c1-2-6-7-5-8(17-4-3-12)9(11(15)16)13(7)10(6)14/h2,7-9H,3-5,12H2,1H3,(H,15,16)/b6-2-. The van der Waals surface area contributed by atoms with Crippen LogP contribution in [0.2, 0.25) is 0 Å². The number of rotatable bonds is 4. The summed E-state index contributed by atoms with van der Waals surface area (Å²) in [5.41, 5.74) is 6.19. The van der Waals surface area contributed by atoms with Crippen LogP contribution < -0.4 is 5.73 Å². The first-order valence-corrected chi connectivity index (χ1v) is 6.70. The Morgan fingerprint density at radius 2 is 2.41 bits per heavy atom. The van der Waals surface area contributed by atoms with Gasteiger partial charge in [0.1, 0.15) is 6.04 Å². The molecule has 2 aliphatic heterocycles. The lowest BCUT2D eigenvalue weighted by molar-refractivity contribution is -0.151. The van der Waals surface area contributed by atoms with Crippen LogP contribution in [-0.4, -0.2) is 51.5 Å². The third kappa shape index (κ3) is 1.85. The van der Waals surface area contributed by atoms with Gasteiger partial charge in [-0.3, -0.25) is 4.79 Å². The molecular weight excluding hydrogens is 240 g/mol. The molecule has 0 bridgehead atoms. The van der Waals surface area contributed by atoms with Gasteiger partial charge in [0.15, 0.2) is 0 Å². The van der Waals surface area contributed by atoms with E-state index in [1.807, 2.05) is 6.92 Å². The van der Waals surface area contributed by atoms with Gasteiger partial charge in [-0.25, -0.2) is 4.79 Å². The topological polar surface area (TPSA) is 83.6 Å². The Kier molecular flexibility index (Phi) is 3.44. The fourth-order valence-electron chi connectivity index (χ4n) is 2.58. The Hall–Kier alpha value is -1.01. The number of hydrogen-bond acceptors (Lipinski definition) is 4. The second-order valence-electron chi connectivity index (χ2n) is 4.19. The number of nitrogens with two attached hydrogens (primary N) is 1. The molecule has 2 heterocycles. The molecular formula is C11H16N2O3S. The molecule has 0 aromatic carbocycles. The Morgan fingerprint density at radius 1 is 1.71 bits per heavy atom. The summed E-state index contributed by atoms with van der Waals surface area (Å²) in [4.78, 5) is 24.5. The molecule has 0 aromatic heterocycles. The molecule has 0 aliphatic carbocycles. The van der Waals surface area contributed by atoms with Crippen LogP contribution in [0.5, 0.6) is 0 Å². The van der Waals surface area contributed by atoms with Crippen molar-refractivity contribution in [2.45, 2.75) is 30.7 Å². The van der Waals surface area contributed by atoms with Crippen molar-refractivity contribution in [1.82, 2.24) is 4.90 Å². The number of allylic oxidation sites excluding steroid dienone is 1. The van der Waals surface area contributed by atoms with Crippen LogP contribution in [0.3, 0.4) is 0 Å². The van der Waals surface area contributed by atoms with Crippen LogP contribution in [0.4, 0.5) is 0 Å². The van der Waals surface area contributed by atoms with Crippen LogP contribution in [0, 0.1) is 0 Å². The van der Waals surface area contributed by atoms with Crippen molar-refractivity contribution in [3.8, 4) is 0 Å². The highest BCUT2D eigenvalue weighted by molar-refractivity contribution is 8.00. The first-order valence-electron chi connectivity index (χ1n) is 5.65. The van der Waals surface area contributed by atoms with E-state index in [0.29, 0.717) is 6.54 Å². The molecule has 2 saturated heterocycles. The Morgan fingerprint density at radius 3 is 2.94 bits per heavy atom. The largest absolute Gasteiger partial charge is 0.480 e. The van der Waals surface area contributed by atoms with Crippen molar-refractivity contribution in [1.29, 1.82) is 0 Å². The highest BCUT2D eigenvalue weighted by Crippen LogP contribution is 2.43. The molecule has 2 rings (SSSR count). The average Bonchev–Trinajstić information content (AvgIpc) is 2.62. The number of carbonyl (C=O) groups is 2. The summed E-state index contributed by atoms with van der Waals surface area (Å²) < 4.78 is 0. The van der Waals surface area contributed by atoms with Gasteiger partial charge in [0.05, 0.1) is 6.04 Å². The first kappa shape index (κ1) is 12.4. The van der Waals surface area contributed by atoms with E-state index in [0.717, 1.165) is 17.7 Å². The number of hydrogen-bond donors (Lipinski definition) is 2. The Bertz CT molecular complexity index is 383.